The Balaban J connectivity index is 1.90. The van der Waals surface area contributed by atoms with Gasteiger partial charge >= 0.3 is 0 Å². The van der Waals surface area contributed by atoms with E-state index in [0.717, 1.165) is 23.5 Å². The molecule has 1 aliphatic heterocycles. The lowest BCUT2D eigenvalue weighted by Gasteiger charge is -2.41. The van der Waals surface area contributed by atoms with Gasteiger partial charge in [0.05, 0.1) is 17.9 Å². The number of para-hydroxylation sites is 2. The Morgan fingerprint density at radius 3 is 2.57 bits per heavy atom. The summed E-state index contributed by atoms with van der Waals surface area (Å²) in [7, 11) is 0. The van der Waals surface area contributed by atoms with Gasteiger partial charge in [0.1, 0.15) is 5.60 Å². The SMILES string of the molecule is CC1CNc2ccccc2N1CC(C)(O)c1ccccc1. The van der Waals surface area contributed by atoms with Crippen molar-refractivity contribution in [3.05, 3.63) is 60.2 Å². The van der Waals surface area contributed by atoms with Crippen molar-refractivity contribution < 1.29 is 5.11 Å². The number of fused-ring (bicyclic) bond motifs is 1. The van der Waals surface area contributed by atoms with Crippen LogP contribution >= 0.6 is 0 Å². The molecule has 0 saturated heterocycles. The van der Waals surface area contributed by atoms with E-state index >= 15 is 0 Å². The van der Waals surface area contributed by atoms with Crippen LogP contribution in [0.25, 0.3) is 0 Å². The molecule has 0 aliphatic carbocycles. The summed E-state index contributed by atoms with van der Waals surface area (Å²) in [5.41, 5.74) is 2.38. The molecule has 0 aromatic heterocycles. The summed E-state index contributed by atoms with van der Waals surface area (Å²) in [6.45, 7) is 5.54. The van der Waals surface area contributed by atoms with Crippen LogP contribution in [0.2, 0.25) is 0 Å². The first-order valence-corrected chi connectivity index (χ1v) is 7.45. The number of hydrogen-bond donors (Lipinski definition) is 2. The van der Waals surface area contributed by atoms with Crippen molar-refractivity contribution in [3.63, 3.8) is 0 Å². The molecule has 110 valence electrons. The molecule has 2 unspecified atom stereocenters. The van der Waals surface area contributed by atoms with Crippen LogP contribution in [-0.4, -0.2) is 24.2 Å². The Morgan fingerprint density at radius 1 is 1.14 bits per heavy atom. The number of aliphatic hydroxyl groups is 1. The first-order valence-electron chi connectivity index (χ1n) is 7.45. The van der Waals surface area contributed by atoms with Crippen molar-refractivity contribution in [2.24, 2.45) is 0 Å². The third-order valence-electron chi connectivity index (χ3n) is 4.21. The zero-order valence-corrected chi connectivity index (χ0v) is 12.6. The molecular formula is C18H22N2O. The van der Waals surface area contributed by atoms with Crippen LogP contribution in [0.5, 0.6) is 0 Å². The van der Waals surface area contributed by atoms with Crippen LogP contribution in [0.3, 0.4) is 0 Å². The highest BCUT2D eigenvalue weighted by atomic mass is 16.3. The molecule has 3 heteroatoms. The van der Waals surface area contributed by atoms with Gasteiger partial charge in [0.25, 0.3) is 0 Å². The average Bonchev–Trinajstić information content (AvgIpc) is 2.51. The van der Waals surface area contributed by atoms with Gasteiger partial charge in [-0.15, -0.1) is 0 Å². The number of β-amino-alcohol motifs (C(OH)–C–C–N with tert-alkyl or cyclic N) is 1. The van der Waals surface area contributed by atoms with Gasteiger partial charge in [-0.05, 0) is 31.5 Å². The predicted octanol–water partition coefficient (Wildman–Crippen LogP) is 3.21. The molecular weight excluding hydrogens is 260 g/mol. The predicted molar refractivity (Wildman–Crippen MR) is 87.8 cm³/mol. The van der Waals surface area contributed by atoms with E-state index in [4.69, 9.17) is 0 Å². The molecule has 0 fully saturated rings. The first kappa shape index (κ1) is 14.0. The summed E-state index contributed by atoms with van der Waals surface area (Å²) < 4.78 is 0. The minimum absolute atomic E-state index is 0.343. The molecule has 3 rings (SSSR count). The number of benzene rings is 2. The number of nitrogens with zero attached hydrogens (tertiary/aromatic N) is 1. The van der Waals surface area contributed by atoms with Gasteiger partial charge in [-0.1, -0.05) is 42.5 Å². The molecule has 2 aromatic rings. The monoisotopic (exact) mass is 282 g/mol. The maximum Gasteiger partial charge on any atom is 0.104 e. The maximum atomic E-state index is 10.9. The van der Waals surface area contributed by atoms with E-state index in [0.29, 0.717) is 12.6 Å². The molecule has 0 bridgehead atoms. The van der Waals surface area contributed by atoms with E-state index in [-0.39, 0.29) is 0 Å². The van der Waals surface area contributed by atoms with E-state index in [1.807, 2.05) is 49.4 Å². The van der Waals surface area contributed by atoms with Crippen LogP contribution in [0, 0.1) is 0 Å². The number of anilines is 2. The van der Waals surface area contributed by atoms with Crippen LogP contribution < -0.4 is 10.2 Å². The summed E-state index contributed by atoms with van der Waals surface area (Å²) >= 11 is 0. The quantitative estimate of drug-likeness (QED) is 0.907. The highest BCUT2D eigenvalue weighted by molar-refractivity contribution is 5.72. The Morgan fingerprint density at radius 2 is 1.81 bits per heavy atom. The van der Waals surface area contributed by atoms with Crippen LogP contribution in [0.4, 0.5) is 11.4 Å². The molecule has 2 atom stereocenters. The lowest BCUT2D eigenvalue weighted by atomic mass is 9.94. The lowest BCUT2D eigenvalue weighted by molar-refractivity contribution is 0.0627. The molecule has 2 aromatic carbocycles. The molecule has 0 amide bonds. The van der Waals surface area contributed by atoms with Gasteiger partial charge in [-0.2, -0.15) is 0 Å². The Bertz CT molecular complexity index is 610. The second-order valence-electron chi connectivity index (χ2n) is 6.01. The molecule has 21 heavy (non-hydrogen) atoms. The standard InChI is InChI=1S/C18H22N2O/c1-14-12-19-16-10-6-7-11-17(16)20(14)13-18(2,21)15-8-4-3-5-9-15/h3-11,14,19,21H,12-13H2,1-2H3. The van der Waals surface area contributed by atoms with Gasteiger partial charge in [-0.25, -0.2) is 0 Å². The van der Waals surface area contributed by atoms with Gasteiger partial charge in [-0.3, -0.25) is 0 Å². The summed E-state index contributed by atoms with van der Waals surface area (Å²) in [6.07, 6.45) is 0. The van der Waals surface area contributed by atoms with E-state index in [1.54, 1.807) is 0 Å². The van der Waals surface area contributed by atoms with Crippen molar-refractivity contribution in [3.8, 4) is 0 Å². The van der Waals surface area contributed by atoms with Crippen molar-refractivity contribution in [1.29, 1.82) is 0 Å². The molecule has 0 saturated carbocycles. The van der Waals surface area contributed by atoms with Crippen LogP contribution in [0.1, 0.15) is 19.4 Å². The Kier molecular flexibility index (Phi) is 3.60. The van der Waals surface area contributed by atoms with E-state index in [2.05, 4.69) is 29.3 Å². The fraction of sp³-hybridized carbons (Fsp3) is 0.333. The zero-order valence-electron chi connectivity index (χ0n) is 12.6. The van der Waals surface area contributed by atoms with Gasteiger partial charge < -0.3 is 15.3 Å². The third-order valence-corrected chi connectivity index (χ3v) is 4.21. The van der Waals surface area contributed by atoms with Crippen molar-refractivity contribution in [1.82, 2.24) is 0 Å². The van der Waals surface area contributed by atoms with Gasteiger partial charge in [0.15, 0.2) is 0 Å². The van der Waals surface area contributed by atoms with E-state index < -0.39 is 5.60 Å². The van der Waals surface area contributed by atoms with Crippen molar-refractivity contribution >= 4 is 11.4 Å². The topological polar surface area (TPSA) is 35.5 Å². The van der Waals surface area contributed by atoms with Crippen LogP contribution in [-0.2, 0) is 5.60 Å². The molecule has 1 aliphatic rings. The largest absolute Gasteiger partial charge is 0.384 e. The second-order valence-corrected chi connectivity index (χ2v) is 6.01. The Labute approximate surface area is 126 Å². The highest BCUT2D eigenvalue weighted by Crippen LogP contribution is 2.34. The van der Waals surface area contributed by atoms with Gasteiger partial charge in [0.2, 0.25) is 0 Å². The number of hydrogen-bond acceptors (Lipinski definition) is 3. The smallest absolute Gasteiger partial charge is 0.104 e. The lowest BCUT2D eigenvalue weighted by Crippen LogP contribution is -2.48. The van der Waals surface area contributed by atoms with Gasteiger partial charge in [0, 0.05) is 12.6 Å². The molecule has 3 nitrogen and oxygen atoms in total. The molecule has 1 heterocycles. The maximum absolute atomic E-state index is 10.9. The molecule has 0 spiro atoms. The molecule has 0 radical (unpaired) electrons. The summed E-state index contributed by atoms with van der Waals surface area (Å²) in [5.74, 6) is 0. The van der Waals surface area contributed by atoms with E-state index in [1.165, 1.54) is 0 Å². The molecule has 2 N–H and O–H groups in total. The number of rotatable bonds is 3. The Hall–Kier alpha value is -2.00. The fourth-order valence-electron chi connectivity index (χ4n) is 2.94. The minimum atomic E-state index is -0.875. The highest BCUT2D eigenvalue weighted by Gasteiger charge is 2.31. The second kappa shape index (κ2) is 5.41. The zero-order chi connectivity index (χ0) is 14.9. The first-order chi connectivity index (χ1) is 10.1. The summed E-state index contributed by atoms with van der Waals surface area (Å²) in [6, 6.07) is 18.5. The summed E-state index contributed by atoms with van der Waals surface area (Å²) in [5, 5.41) is 14.4. The van der Waals surface area contributed by atoms with Crippen LogP contribution in [0.15, 0.2) is 54.6 Å². The average molecular weight is 282 g/mol. The van der Waals surface area contributed by atoms with Crippen molar-refractivity contribution in [2.75, 3.05) is 23.3 Å². The normalized spacial score (nSPS) is 20.3. The minimum Gasteiger partial charge on any atom is -0.384 e. The van der Waals surface area contributed by atoms with E-state index in [9.17, 15) is 5.11 Å². The number of nitrogens with one attached hydrogen (secondary N) is 1. The van der Waals surface area contributed by atoms with Crippen molar-refractivity contribution in [2.45, 2.75) is 25.5 Å². The third kappa shape index (κ3) is 2.74. The summed E-state index contributed by atoms with van der Waals surface area (Å²) in [4.78, 5) is 2.29. The fourth-order valence-corrected chi connectivity index (χ4v) is 2.94.